The van der Waals surface area contributed by atoms with Crippen molar-refractivity contribution in [2.45, 2.75) is 24.9 Å². The Morgan fingerprint density at radius 3 is 2.41 bits per heavy atom. The minimum absolute atomic E-state index is 0.00259. The van der Waals surface area contributed by atoms with Crippen molar-refractivity contribution in [3.63, 3.8) is 0 Å². The van der Waals surface area contributed by atoms with E-state index in [-0.39, 0.29) is 22.0 Å². The fraction of sp³-hybridized carbons (Fsp3) is 0.143. The van der Waals surface area contributed by atoms with Gasteiger partial charge in [0.05, 0.1) is 26.2 Å². The predicted molar refractivity (Wildman–Crippen MR) is 119 cm³/mol. The van der Waals surface area contributed by atoms with Gasteiger partial charge in [-0.3, -0.25) is 9.52 Å². The molecule has 2 rings (SSSR count). The van der Waals surface area contributed by atoms with E-state index < -0.39 is 37.5 Å². The lowest BCUT2D eigenvalue weighted by atomic mass is 10.0. The molecule has 0 aliphatic heterocycles. The van der Waals surface area contributed by atoms with Gasteiger partial charge in [-0.1, -0.05) is 53.6 Å². The van der Waals surface area contributed by atoms with E-state index in [1.54, 1.807) is 19.9 Å². The van der Waals surface area contributed by atoms with Gasteiger partial charge in [-0.25, -0.2) is 13.4 Å². The lowest BCUT2D eigenvalue weighted by Gasteiger charge is -2.14. The highest BCUT2D eigenvalue weighted by Crippen LogP contribution is 2.36. The van der Waals surface area contributed by atoms with E-state index in [2.05, 4.69) is 16.3 Å². The SMILES string of the molecule is C=C/C=C(\C=C(C)C)C(=O)c1ncc(Cl)cc1NS(=O)(=O)c1ccc(Cl)c(C(F)(F)F)c1. The van der Waals surface area contributed by atoms with Crippen molar-refractivity contribution in [2.24, 2.45) is 0 Å². The van der Waals surface area contributed by atoms with Crippen LogP contribution in [0.15, 0.2) is 71.3 Å². The second-order valence-corrected chi connectivity index (χ2v) is 9.23. The molecule has 170 valence electrons. The van der Waals surface area contributed by atoms with Crippen molar-refractivity contribution in [2.75, 3.05) is 4.72 Å². The molecule has 0 spiro atoms. The van der Waals surface area contributed by atoms with Crippen LogP contribution < -0.4 is 4.72 Å². The van der Waals surface area contributed by atoms with Gasteiger partial charge in [0.25, 0.3) is 10.0 Å². The number of allylic oxidation sites excluding steroid dienone is 5. The minimum Gasteiger partial charge on any atom is -0.287 e. The zero-order chi connectivity index (χ0) is 24.3. The number of carbonyl (C=O) groups excluding carboxylic acids is 1. The lowest BCUT2D eigenvalue weighted by molar-refractivity contribution is -0.137. The zero-order valence-corrected chi connectivity index (χ0v) is 19.1. The van der Waals surface area contributed by atoms with Crippen molar-refractivity contribution in [1.29, 1.82) is 0 Å². The Bertz CT molecular complexity index is 1230. The highest BCUT2D eigenvalue weighted by atomic mass is 35.5. The summed E-state index contributed by atoms with van der Waals surface area (Å²) in [5, 5.41) is -0.652. The Morgan fingerprint density at radius 1 is 1.19 bits per heavy atom. The summed E-state index contributed by atoms with van der Waals surface area (Å²) >= 11 is 11.5. The third kappa shape index (κ3) is 6.21. The van der Waals surface area contributed by atoms with E-state index in [4.69, 9.17) is 23.2 Å². The molecule has 0 unspecified atom stereocenters. The van der Waals surface area contributed by atoms with Gasteiger partial charge in [-0.2, -0.15) is 13.2 Å². The first-order chi connectivity index (χ1) is 14.8. The maximum atomic E-state index is 13.1. The minimum atomic E-state index is -4.86. The fourth-order valence-electron chi connectivity index (χ4n) is 2.55. The van der Waals surface area contributed by atoms with E-state index in [9.17, 15) is 26.4 Å². The maximum Gasteiger partial charge on any atom is 0.417 e. The number of nitrogens with zero attached hydrogens (tertiary/aromatic N) is 1. The van der Waals surface area contributed by atoms with Crippen molar-refractivity contribution < 1.29 is 26.4 Å². The second kappa shape index (κ2) is 9.89. The first kappa shape index (κ1) is 25.6. The quantitative estimate of drug-likeness (QED) is 0.266. The van der Waals surface area contributed by atoms with Crippen molar-refractivity contribution in [3.05, 3.63) is 87.7 Å². The molecule has 1 aromatic carbocycles. The molecule has 0 bridgehead atoms. The number of nitrogens with one attached hydrogen (secondary N) is 1. The monoisotopic (exact) mass is 504 g/mol. The number of carbonyl (C=O) groups is 1. The zero-order valence-electron chi connectivity index (χ0n) is 16.8. The first-order valence-electron chi connectivity index (χ1n) is 8.83. The topological polar surface area (TPSA) is 76.1 Å². The lowest BCUT2D eigenvalue weighted by Crippen LogP contribution is -2.18. The average Bonchev–Trinajstić information content (AvgIpc) is 2.66. The molecule has 32 heavy (non-hydrogen) atoms. The van der Waals surface area contributed by atoms with E-state index in [1.165, 1.54) is 12.2 Å². The molecule has 0 fully saturated rings. The van der Waals surface area contributed by atoms with Gasteiger partial charge >= 0.3 is 6.18 Å². The van der Waals surface area contributed by atoms with Crippen molar-refractivity contribution in [3.8, 4) is 0 Å². The van der Waals surface area contributed by atoms with Crippen LogP contribution >= 0.6 is 23.2 Å². The summed E-state index contributed by atoms with van der Waals surface area (Å²) in [6.07, 6.45) is 0.617. The molecule has 0 atom stereocenters. The molecular formula is C21H17Cl2F3N2O3S. The first-order valence-corrected chi connectivity index (χ1v) is 11.1. The van der Waals surface area contributed by atoms with E-state index in [0.717, 1.165) is 30.0 Å². The number of ketones is 1. The van der Waals surface area contributed by atoms with Crippen LogP contribution in [-0.4, -0.2) is 19.2 Å². The Kier molecular flexibility index (Phi) is 7.92. The fourth-order valence-corrected chi connectivity index (χ4v) is 4.02. The van der Waals surface area contributed by atoms with E-state index in [0.29, 0.717) is 6.07 Å². The van der Waals surface area contributed by atoms with Crippen LogP contribution in [0.4, 0.5) is 18.9 Å². The summed E-state index contributed by atoms with van der Waals surface area (Å²) in [7, 11) is -4.56. The number of hydrogen-bond acceptors (Lipinski definition) is 4. The normalized spacial score (nSPS) is 12.3. The molecule has 1 N–H and O–H groups in total. The van der Waals surface area contributed by atoms with Crippen molar-refractivity contribution in [1.82, 2.24) is 4.98 Å². The molecule has 0 radical (unpaired) electrons. The highest BCUT2D eigenvalue weighted by molar-refractivity contribution is 7.92. The predicted octanol–water partition coefficient (Wildman–Crippen LogP) is 6.47. The van der Waals surface area contributed by atoms with Crippen LogP contribution in [-0.2, 0) is 16.2 Å². The summed E-state index contributed by atoms with van der Waals surface area (Å²) in [4.78, 5) is 16.2. The maximum absolute atomic E-state index is 13.1. The molecule has 0 amide bonds. The largest absolute Gasteiger partial charge is 0.417 e. The smallest absolute Gasteiger partial charge is 0.287 e. The molecule has 1 heterocycles. The number of aromatic nitrogens is 1. The molecule has 5 nitrogen and oxygen atoms in total. The molecular weight excluding hydrogens is 488 g/mol. The van der Waals surface area contributed by atoms with Crippen LogP contribution in [0.3, 0.4) is 0 Å². The molecule has 0 aliphatic rings. The third-order valence-corrected chi connectivity index (χ3v) is 5.77. The molecule has 1 aromatic heterocycles. The van der Waals surface area contributed by atoms with Gasteiger partial charge in [0.15, 0.2) is 0 Å². The van der Waals surface area contributed by atoms with Gasteiger partial charge in [0.1, 0.15) is 5.69 Å². The number of rotatable bonds is 7. The van der Waals surface area contributed by atoms with Gasteiger partial charge < -0.3 is 0 Å². The Morgan fingerprint density at radius 2 is 1.84 bits per heavy atom. The summed E-state index contributed by atoms with van der Waals surface area (Å²) < 4.78 is 67.1. The van der Waals surface area contributed by atoms with Crippen LogP contribution in [0.25, 0.3) is 0 Å². The molecule has 0 saturated carbocycles. The average molecular weight is 505 g/mol. The molecule has 0 aliphatic carbocycles. The van der Waals surface area contributed by atoms with E-state index in [1.807, 2.05) is 0 Å². The second-order valence-electron chi connectivity index (χ2n) is 6.70. The standard InChI is InChI=1S/C21H17Cl2F3N2O3S/c1-4-5-13(8-12(2)3)20(29)19-18(9-14(22)11-27-19)28-32(30,31)15-6-7-17(23)16(10-15)21(24,25)26/h4-11,28H,1H2,2-3H3/b13-5+. The number of Topliss-reactive ketones (excluding diaryl/α,β-unsaturated/α-hetero) is 1. The molecule has 11 heteroatoms. The third-order valence-electron chi connectivity index (χ3n) is 3.87. The number of halogens is 5. The van der Waals surface area contributed by atoms with Crippen LogP contribution in [0.2, 0.25) is 10.0 Å². The summed E-state index contributed by atoms with van der Waals surface area (Å²) in [6, 6.07) is 3.26. The Labute approximate surface area is 193 Å². The van der Waals surface area contributed by atoms with Crippen LogP contribution in [0.5, 0.6) is 0 Å². The highest BCUT2D eigenvalue weighted by Gasteiger charge is 2.34. The number of pyridine rings is 1. The number of alkyl halides is 3. The summed E-state index contributed by atoms with van der Waals surface area (Å²) in [5.41, 5.74) is -0.969. The number of anilines is 1. The van der Waals surface area contributed by atoms with Gasteiger partial charge in [0.2, 0.25) is 5.78 Å². The Balaban J connectivity index is 2.58. The van der Waals surface area contributed by atoms with Crippen LogP contribution in [0, 0.1) is 0 Å². The van der Waals surface area contributed by atoms with Gasteiger partial charge in [-0.05, 0) is 38.1 Å². The van der Waals surface area contributed by atoms with Crippen LogP contribution in [0.1, 0.15) is 29.9 Å². The summed E-state index contributed by atoms with van der Waals surface area (Å²) in [6.45, 7) is 7.04. The Hall–Kier alpha value is -2.62. The van der Waals surface area contributed by atoms with Gasteiger partial charge in [0, 0.05) is 11.8 Å². The number of sulfonamides is 1. The van der Waals surface area contributed by atoms with Crippen molar-refractivity contribution >= 4 is 44.7 Å². The van der Waals surface area contributed by atoms with Gasteiger partial charge in [-0.15, -0.1) is 0 Å². The number of benzene rings is 1. The number of hydrogen-bond donors (Lipinski definition) is 1. The molecule has 0 saturated heterocycles. The summed E-state index contributed by atoms with van der Waals surface area (Å²) in [5.74, 6) is -0.646. The van der Waals surface area contributed by atoms with E-state index >= 15 is 0 Å². The molecule has 2 aromatic rings.